The maximum atomic E-state index is 5.65. The molecule has 1 saturated heterocycles. The van der Waals surface area contributed by atoms with Crippen molar-refractivity contribution >= 4 is 0 Å². The van der Waals surface area contributed by atoms with Crippen LogP contribution >= 0.6 is 0 Å². The number of hydrogen-bond donors (Lipinski definition) is 2. The average molecular weight is 126 g/mol. The predicted molar refractivity (Wildman–Crippen MR) is 37.1 cm³/mol. The van der Waals surface area contributed by atoms with Crippen LogP contribution in [0.1, 0.15) is 12.8 Å². The first-order valence-corrected chi connectivity index (χ1v) is 3.78. The second-order valence-electron chi connectivity index (χ2n) is 3.42. The molecule has 2 fully saturated rings. The zero-order valence-electron chi connectivity index (χ0n) is 5.69. The van der Waals surface area contributed by atoms with E-state index in [2.05, 4.69) is 5.32 Å². The number of rotatable bonds is 1. The van der Waals surface area contributed by atoms with Crippen molar-refractivity contribution in [2.24, 2.45) is 17.1 Å². The Balaban J connectivity index is 2.01. The van der Waals surface area contributed by atoms with Crippen LogP contribution in [0, 0.1) is 11.3 Å². The van der Waals surface area contributed by atoms with Crippen LogP contribution in [0.4, 0.5) is 0 Å². The first-order chi connectivity index (χ1) is 4.37. The Hall–Kier alpha value is -0.0800. The first-order valence-electron chi connectivity index (χ1n) is 3.78. The Morgan fingerprint density at radius 3 is 3.11 bits per heavy atom. The third kappa shape index (κ3) is 0.700. The lowest BCUT2D eigenvalue weighted by atomic mass is 9.97. The quantitative estimate of drug-likeness (QED) is 0.517. The number of nitrogens with two attached hydrogens (primary N) is 1. The SMILES string of the molecule is NC[C@@]12CCNC[C@@H]1C2. The Morgan fingerprint density at radius 2 is 2.56 bits per heavy atom. The maximum Gasteiger partial charge on any atom is -0.00145 e. The highest BCUT2D eigenvalue weighted by Crippen LogP contribution is 2.55. The lowest BCUT2D eigenvalue weighted by Crippen LogP contribution is -2.33. The summed E-state index contributed by atoms with van der Waals surface area (Å²) < 4.78 is 0. The van der Waals surface area contributed by atoms with Gasteiger partial charge in [0.15, 0.2) is 0 Å². The molecule has 2 aliphatic rings. The van der Waals surface area contributed by atoms with Gasteiger partial charge in [0.05, 0.1) is 0 Å². The van der Waals surface area contributed by atoms with Crippen LogP contribution < -0.4 is 11.1 Å². The van der Waals surface area contributed by atoms with Gasteiger partial charge in [0.25, 0.3) is 0 Å². The molecular weight excluding hydrogens is 112 g/mol. The van der Waals surface area contributed by atoms with E-state index in [4.69, 9.17) is 5.73 Å². The lowest BCUT2D eigenvalue weighted by molar-refractivity contribution is 0.361. The van der Waals surface area contributed by atoms with Crippen molar-refractivity contribution in [3.8, 4) is 0 Å². The highest BCUT2D eigenvalue weighted by atomic mass is 14.9. The summed E-state index contributed by atoms with van der Waals surface area (Å²) >= 11 is 0. The van der Waals surface area contributed by atoms with Gasteiger partial charge in [-0.25, -0.2) is 0 Å². The zero-order valence-corrected chi connectivity index (χ0v) is 5.69. The molecule has 0 spiro atoms. The van der Waals surface area contributed by atoms with Crippen LogP contribution in [0.25, 0.3) is 0 Å². The topological polar surface area (TPSA) is 38.0 Å². The number of piperidine rings is 1. The number of fused-ring (bicyclic) bond motifs is 1. The van der Waals surface area contributed by atoms with Crippen molar-refractivity contribution in [2.45, 2.75) is 12.8 Å². The van der Waals surface area contributed by atoms with Gasteiger partial charge in [-0.15, -0.1) is 0 Å². The van der Waals surface area contributed by atoms with E-state index in [1.165, 1.54) is 25.9 Å². The minimum atomic E-state index is 0.602. The van der Waals surface area contributed by atoms with Gasteiger partial charge in [-0.3, -0.25) is 0 Å². The third-order valence-electron chi connectivity index (χ3n) is 2.96. The van der Waals surface area contributed by atoms with Gasteiger partial charge in [-0.1, -0.05) is 0 Å². The van der Waals surface area contributed by atoms with Crippen molar-refractivity contribution < 1.29 is 0 Å². The summed E-state index contributed by atoms with van der Waals surface area (Å²) in [6.07, 6.45) is 2.70. The second-order valence-corrected chi connectivity index (χ2v) is 3.42. The average Bonchev–Trinajstić information content (AvgIpc) is 2.62. The maximum absolute atomic E-state index is 5.65. The highest BCUT2D eigenvalue weighted by Gasteiger charge is 2.53. The van der Waals surface area contributed by atoms with Crippen LogP contribution in [0.5, 0.6) is 0 Å². The Kier molecular flexibility index (Phi) is 1.08. The number of hydrogen-bond acceptors (Lipinski definition) is 2. The molecule has 0 bridgehead atoms. The third-order valence-corrected chi connectivity index (χ3v) is 2.96. The lowest BCUT2D eigenvalue weighted by Gasteiger charge is -2.20. The van der Waals surface area contributed by atoms with Crippen LogP contribution in [-0.4, -0.2) is 19.6 Å². The molecule has 0 aromatic rings. The minimum Gasteiger partial charge on any atom is -0.330 e. The van der Waals surface area contributed by atoms with Crippen LogP contribution in [0.3, 0.4) is 0 Å². The second kappa shape index (κ2) is 1.70. The van der Waals surface area contributed by atoms with Gasteiger partial charge >= 0.3 is 0 Å². The van der Waals surface area contributed by atoms with E-state index in [9.17, 15) is 0 Å². The Morgan fingerprint density at radius 1 is 1.67 bits per heavy atom. The van der Waals surface area contributed by atoms with Crippen LogP contribution in [-0.2, 0) is 0 Å². The highest BCUT2D eigenvalue weighted by molar-refractivity contribution is 5.06. The molecular formula is C7H14N2. The Labute approximate surface area is 55.8 Å². The van der Waals surface area contributed by atoms with Gasteiger partial charge in [-0.2, -0.15) is 0 Å². The molecule has 0 unspecified atom stereocenters. The van der Waals surface area contributed by atoms with Crippen molar-refractivity contribution in [1.82, 2.24) is 5.32 Å². The summed E-state index contributed by atoms with van der Waals surface area (Å²) in [6, 6.07) is 0. The van der Waals surface area contributed by atoms with Gasteiger partial charge in [0.2, 0.25) is 0 Å². The molecule has 2 rings (SSSR count). The molecule has 0 aromatic carbocycles. The van der Waals surface area contributed by atoms with Crippen molar-refractivity contribution in [2.75, 3.05) is 19.6 Å². The van der Waals surface area contributed by atoms with E-state index in [1.54, 1.807) is 0 Å². The molecule has 52 valence electrons. The molecule has 2 heteroatoms. The van der Waals surface area contributed by atoms with E-state index in [0.29, 0.717) is 5.41 Å². The summed E-state index contributed by atoms with van der Waals surface area (Å²) in [5.41, 5.74) is 6.25. The zero-order chi connectivity index (χ0) is 6.32. The summed E-state index contributed by atoms with van der Waals surface area (Å²) in [4.78, 5) is 0. The fourth-order valence-corrected chi connectivity index (χ4v) is 1.99. The summed E-state index contributed by atoms with van der Waals surface area (Å²) in [7, 11) is 0. The Bertz CT molecular complexity index is 124. The molecule has 0 radical (unpaired) electrons. The number of nitrogens with one attached hydrogen (secondary N) is 1. The van der Waals surface area contributed by atoms with Gasteiger partial charge in [-0.05, 0) is 43.8 Å². The van der Waals surface area contributed by atoms with E-state index >= 15 is 0 Å². The van der Waals surface area contributed by atoms with E-state index in [1.807, 2.05) is 0 Å². The molecule has 1 aliphatic carbocycles. The molecule has 2 atom stereocenters. The summed E-state index contributed by atoms with van der Waals surface area (Å²) in [5.74, 6) is 0.927. The smallest absolute Gasteiger partial charge is 0.00145 e. The normalized spacial score (nSPS) is 48.3. The van der Waals surface area contributed by atoms with E-state index in [-0.39, 0.29) is 0 Å². The summed E-state index contributed by atoms with van der Waals surface area (Å²) in [5, 5.41) is 3.38. The molecule has 1 saturated carbocycles. The van der Waals surface area contributed by atoms with E-state index < -0.39 is 0 Å². The molecule has 3 N–H and O–H groups in total. The molecule has 0 aromatic heterocycles. The molecule has 9 heavy (non-hydrogen) atoms. The van der Waals surface area contributed by atoms with Crippen molar-refractivity contribution in [1.29, 1.82) is 0 Å². The summed E-state index contributed by atoms with van der Waals surface area (Å²) in [6.45, 7) is 3.32. The van der Waals surface area contributed by atoms with Crippen LogP contribution in [0.15, 0.2) is 0 Å². The minimum absolute atomic E-state index is 0.602. The molecule has 1 aliphatic heterocycles. The molecule has 1 heterocycles. The van der Waals surface area contributed by atoms with Crippen molar-refractivity contribution in [3.05, 3.63) is 0 Å². The first kappa shape index (κ1) is 5.69. The fourth-order valence-electron chi connectivity index (χ4n) is 1.99. The predicted octanol–water partition coefficient (Wildman–Crippen LogP) is -0.0553. The monoisotopic (exact) mass is 126 g/mol. The standard InChI is InChI=1S/C7H14N2/c8-5-7-1-2-9-4-6(7)3-7/h6,9H,1-5,8H2/t6-,7-/m0/s1. The fraction of sp³-hybridized carbons (Fsp3) is 1.00. The molecule has 0 amide bonds. The molecule has 2 nitrogen and oxygen atoms in total. The van der Waals surface area contributed by atoms with Gasteiger partial charge in [0.1, 0.15) is 0 Å². The van der Waals surface area contributed by atoms with Crippen molar-refractivity contribution in [3.63, 3.8) is 0 Å². The van der Waals surface area contributed by atoms with Crippen LogP contribution in [0.2, 0.25) is 0 Å². The van der Waals surface area contributed by atoms with Gasteiger partial charge in [0, 0.05) is 0 Å². The van der Waals surface area contributed by atoms with Gasteiger partial charge < -0.3 is 11.1 Å². The largest absolute Gasteiger partial charge is 0.330 e. The van der Waals surface area contributed by atoms with E-state index in [0.717, 1.165) is 12.5 Å².